The van der Waals surface area contributed by atoms with Gasteiger partial charge >= 0.3 is 11.8 Å². The molecule has 1 heterocycles. The van der Waals surface area contributed by atoms with Gasteiger partial charge in [0, 0.05) is 30.6 Å². The zero-order valence-corrected chi connectivity index (χ0v) is 13.3. The van der Waals surface area contributed by atoms with Crippen LogP contribution >= 0.6 is 0 Å². The molecule has 1 N–H and O–H groups in total. The van der Waals surface area contributed by atoms with E-state index in [1.54, 1.807) is 25.1 Å². The highest BCUT2D eigenvalue weighted by Gasteiger charge is 2.38. The predicted octanol–water partition coefficient (Wildman–Crippen LogP) is 2.34. The van der Waals surface area contributed by atoms with Gasteiger partial charge in [0.05, 0.1) is 0 Å². The Morgan fingerprint density at radius 3 is 2.71 bits per heavy atom. The Kier molecular flexibility index (Phi) is 5.51. The summed E-state index contributed by atoms with van der Waals surface area (Å²) >= 11 is 0. The summed E-state index contributed by atoms with van der Waals surface area (Å²) in [6, 6.07) is 6.40. The number of benzene rings is 1. The van der Waals surface area contributed by atoms with Crippen molar-refractivity contribution in [1.82, 2.24) is 4.90 Å². The SMILES string of the molecule is Cc1cc(=O)oc2cc(OCCN(C)CC(O)C(F)(F)F)ccc12. The van der Waals surface area contributed by atoms with E-state index in [-0.39, 0.29) is 13.2 Å². The fourth-order valence-corrected chi connectivity index (χ4v) is 2.20. The Balaban J connectivity index is 1.93. The van der Waals surface area contributed by atoms with E-state index < -0.39 is 24.5 Å². The summed E-state index contributed by atoms with van der Waals surface area (Å²) in [6.07, 6.45) is -7.02. The number of aliphatic hydroxyl groups is 1. The van der Waals surface area contributed by atoms with Gasteiger partial charge in [-0.1, -0.05) is 0 Å². The first kappa shape index (κ1) is 18.3. The second-order valence-corrected chi connectivity index (χ2v) is 5.57. The van der Waals surface area contributed by atoms with Crippen molar-refractivity contribution in [2.24, 2.45) is 0 Å². The maximum Gasteiger partial charge on any atom is 0.415 e. The minimum absolute atomic E-state index is 0.128. The summed E-state index contributed by atoms with van der Waals surface area (Å²) in [5.41, 5.74) is 0.713. The van der Waals surface area contributed by atoms with Crippen LogP contribution in [0.2, 0.25) is 0 Å². The van der Waals surface area contributed by atoms with Crippen molar-refractivity contribution < 1.29 is 27.4 Å². The maximum absolute atomic E-state index is 12.3. The number of hydrogen-bond donors (Lipinski definition) is 1. The van der Waals surface area contributed by atoms with E-state index in [1.165, 1.54) is 18.0 Å². The Bertz CT molecular complexity index is 757. The van der Waals surface area contributed by atoms with Gasteiger partial charge in [0.25, 0.3) is 0 Å². The molecule has 1 unspecified atom stereocenters. The number of ether oxygens (including phenoxy) is 1. The van der Waals surface area contributed by atoms with Crippen molar-refractivity contribution in [2.75, 3.05) is 26.7 Å². The molecule has 0 aliphatic carbocycles. The second-order valence-electron chi connectivity index (χ2n) is 5.57. The van der Waals surface area contributed by atoms with Gasteiger partial charge in [0.1, 0.15) is 17.9 Å². The fraction of sp³-hybridized carbons (Fsp3) is 0.438. The first-order valence-electron chi connectivity index (χ1n) is 7.27. The molecular formula is C16H18F3NO4. The van der Waals surface area contributed by atoms with Crippen LogP contribution in [0.4, 0.5) is 13.2 Å². The van der Waals surface area contributed by atoms with Crippen molar-refractivity contribution in [1.29, 1.82) is 0 Å². The van der Waals surface area contributed by atoms with Crippen molar-refractivity contribution >= 4 is 11.0 Å². The molecule has 0 spiro atoms. The minimum atomic E-state index is -4.64. The van der Waals surface area contributed by atoms with E-state index in [0.29, 0.717) is 11.3 Å². The van der Waals surface area contributed by atoms with E-state index in [9.17, 15) is 18.0 Å². The zero-order valence-electron chi connectivity index (χ0n) is 13.3. The molecule has 0 saturated carbocycles. The summed E-state index contributed by atoms with van der Waals surface area (Å²) in [5.74, 6) is 0.445. The number of halogens is 3. The molecule has 2 aromatic rings. The number of rotatable bonds is 6. The van der Waals surface area contributed by atoms with Gasteiger partial charge in [0.2, 0.25) is 0 Å². The van der Waals surface area contributed by atoms with Crippen LogP contribution in [-0.4, -0.2) is 49.0 Å². The molecule has 1 atom stereocenters. The lowest BCUT2D eigenvalue weighted by Crippen LogP contribution is -2.40. The normalized spacial score (nSPS) is 13.5. The van der Waals surface area contributed by atoms with E-state index in [0.717, 1.165) is 10.9 Å². The Morgan fingerprint density at radius 2 is 2.04 bits per heavy atom. The molecule has 5 nitrogen and oxygen atoms in total. The lowest BCUT2D eigenvalue weighted by atomic mass is 10.1. The molecule has 0 aliphatic heterocycles. The van der Waals surface area contributed by atoms with Crippen molar-refractivity contribution in [2.45, 2.75) is 19.2 Å². The standard InChI is InChI=1S/C16H18F3NO4/c1-10-7-15(22)24-13-8-11(3-4-12(10)13)23-6-5-20(2)9-14(21)16(17,18)19/h3-4,7-8,14,21H,5-6,9H2,1-2H3. The maximum atomic E-state index is 12.3. The van der Waals surface area contributed by atoms with Gasteiger partial charge in [-0.15, -0.1) is 0 Å². The molecule has 132 valence electrons. The third-order valence-corrected chi connectivity index (χ3v) is 3.53. The lowest BCUT2D eigenvalue weighted by Gasteiger charge is -2.22. The van der Waals surface area contributed by atoms with Crippen molar-refractivity contribution in [3.8, 4) is 5.75 Å². The largest absolute Gasteiger partial charge is 0.492 e. The van der Waals surface area contributed by atoms with E-state index in [4.69, 9.17) is 14.3 Å². The molecule has 2 rings (SSSR count). The van der Waals surface area contributed by atoms with Gasteiger partial charge in [-0.25, -0.2) is 4.79 Å². The summed E-state index contributed by atoms with van der Waals surface area (Å²) < 4.78 is 47.4. The Hall–Kier alpha value is -2.06. The summed E-state index contributed by atoms with van der Waals surface area (Å²) in [5, 5.41) is 9.78. The van der Waals surface area contributed by atoms with Crippen molar-refractivity contribution in [3.05, 3.63) is 40.2 Å². The molecule has 0 radical (unpaired) electrons. The smallest absolute Gasteiger partial charge is 0.415 e. The summed E-state index contributed by atoms with van der Waals surface area (Å²) in [4.78, 5) is 12.7. The minimum Gasteiger partial charge on any atom is -0.492 e. The van der Waals surface area contributed by atoms with Gasteiger partial charge in [-0.2, -0.15) is 13.2 Å². The average Bonchev–Trinajstić information content (AvgIpc) is 2.45. The topological polar surface area (TPSA) is 62.9 Å². The van der Waals surface area contributed by atoms with Crippen LogP contribution in [0.3, 0.4) is 0 Å². The highest BCUT2D eigenvalue weighted by molar-refractivity contribution is 5.81. The van der Waals surface area contributed by atoms with E-state index in [1.807, 2.05) is 0 Å². The molecule has 0 saturated heterocycles. The number of aliphatic hydroxyl groups excluding tert-OH is 1. The Labute approximate surface area is 136 Å². The lowest BCUT2D eigenvalue weighted by molar-refractivity contribution is -0.207. The molecule has 0 amide bonds. The van der Waals surface area contributed by atoms with Crippen LogP contribution in [0, 0.1) is 6.92 Å². The van der Waals surface area contributed by atoms with Crippen LogP contribution in [0.1, 0.15) is 5.56 Å². The first-order valence-corrected chi connectivity index (χ1v) is 7.27. The Morgan fingerprint density at radius 1 is 1.33 bits per heavy atom. The quantitative estimate of drug-likeness (QED) is 0.814. The molecule has 8 heteroatoms. The highest BCUT2D eigenvalue weighted by atomic mass is 19.4. The first-order chi connectivity index (χ1) is 11.2. The van der Waals surface area contributed by atoms with Crippen molar-refractivity contribution in [3.63, 3.8) is 0 Å². The molecule has 1 aromatic heterocycles. The number of likely N-dealkylation sites (N-methyl/N-ethyl adjacent to an activating group) is 1. The van der Waals surface area contributed by atoms with E-state index in [2.05, 4.69) is 0 Å². The monoisotopic (exact) mass is 345 g/mol. The van der Waals surface area contributed by atoms with Gasteiger partial charge in [0.15, 0.2) is 6.10 Å². The van der Waals surface area contributed by atoms with E-state index >= 15 is 0 Å². The molecule has 0 bridgehead atoms. The summed E-state index contributed by atoms with van der Waals surface area (Å²) in [6.45, 7) is 1.59. The highest BCUT2D eigenvalue weighted by Crippen LogP contribution is 2.22. The van der Waals surface area contributed by atoms with Crippen LogP contribution in [0.15, 0.2) is 33.5 Å². The average molecular weight is 345 g/mol. The molecule has 1 aromatic carbocycles. The molecule has 0 aliphatic rings. The number of hydrogen-bond acceptors (Lipinski definition) is 5. The van der Waals surface area contributed by atoms with Gasteiger partial charge in [-0.3, -0.25) is 0 Å². The van der Waals surface area contributed by atoms with Crippen LogP contribution in [0.5, 0.6) is 5.75 Å². The summed E-state index contributed by atoms with van der Waals surface area (Å²) in [7, 11) is 1.46. The second kappa shape index (κ2) is 7.23. The number of aryl methyl sites for hydroxylation is 1. The number of nitrogens with zero attached hydrogens (tertiary/aromatic N) is 1. The molecule has 0 fully saturated rings. The number of fused-ring (bicyclic) bond motifs is 1. The fourth-order valence-electron chi connectivity index (χ4n) is 2.20. The third-order valence-electron chi connectivity index (χ3n) is 3.53. The van der Waals surface area contributed by atoms with Gasteiger partial charge in [-0.05, 0) is 31.7 Å². The zero-order chi connectivity index (χ0) is 17.9. The van der Waals surface area contributed by atoms with Crippen LogP contribution in [-0.2, 0) is 0 Å². The van der Waals surface area contributed by atoms with Gasteiger partial charge < -0.3 is 19.2 Å². The number of alkyl halides is 3. The molecule has 24 heavy (non-hydrogen) atoms. The molecular weight excluding hydrogens is 327 g/mol. The predicted molar refractivity (Wildman–Crippen MR) is 82.3 cm³/mol. The third kappa shape index (κ3) is 4.72. The van der Waals surface area contributed by atoms with Crippen LogP contribution in [0.25, 0.3) is 11.0 Å². The van der Waals surface area contributed by atoms with Crippen LogP contribution < -0.4 is 10.4 Å².